The van der Waals surface area contributed by atoms with Gasteiger partial charge >= 0.3 is 0 Å². The number of aromatic nitrogens is 3. The number of nitrogens with zero attached hydrogens (tertiary/aromatic N) is 3. The van der Waals surface area contributed by atoms with E-state index in [4.69, 9.17) is 0 Å². The van der Waals surface area contributed by atoms with Crippen molar-refractivity contribution in [3.8, 4) is 0 Å². The van der Waals surface area contributed by atoms with E-state index in [2.05, 4.69) is 42.1 Å². The molecule has 3 aromatic rings. The number of carbonyl (C=O) groups is 1. The van der Waals surface area contributed by atoms with Gasteiger partial charge in [0.05, 0.1) is 12.2 Å². The van der Waals surface area contributed by atoms with Crippen molar-refractivity contribution in [1.29, 1.82) is 0 Å². The molecule has 2 aromatic heterocycles. The molecule has 3 heterocycles. The fourth-order valence-corrected chi connectivity index (χ4v) is 4.20. The van der Waals surface area contributed by atoms with Crippen LogP contribution in [0.3, 0.4) is 0 Å². The highest BCUT2D eigenvalue weighted by molar-refractivity contribution is 5.85. The van der Waals surface area contributed by atoms with Gasteiger partial charge in [-0.3, -0.25) is 9.48 Å². The lowest BCUT2D eigenvalue weighted by Gasteiger charge is -2.27. The van der Waals surface area contributed by atoms with Crippen molar-refractivity contribution in [3.63, 3.8) is 0 Å². The summed E-state index contributed by atoms with van der Waals surface area (Å²) in [6, 6.07) is 8.40. The van der Waals surface area contributed by atoms with Gasteiger partial charge < -0.3 is 9.88 Å². The van der Waals surface area contributed by atoms with Gasteiger partial charge in [-0.15, -0.1) is 0 Å². The van der Waals surface area contributed by atoms with Crippen molar-refractivity contribution >= 4 is 16.8 Å². The number of H-pyrrole nitrogens is 1. The Morgan fingerprint density at radius 3 is 2.85 bits per heavy atom. The minimum Gasteiger partial charge on any atom is -0.357 e. The normalized spacial score (nSPS) is 14.0. The highest BCUT2D eigenvalue weighted by atomic mass is 16.2. The van der Waals surface area contributed by atoms with Crippen molar-refractivity contribution in [2.45, 2.75) is 53.1 Å². The van der Waals surface area contributed by atoms with Gasteiger partial charge in [-0.25, -0.2) is 0 Å². The molecule has 5 heteroatoms. The van der Waals surface area contributed by atoms with Crippen molar-refractivity contribution in [2.75, 3.05) is 6.54 Å². The fourth-order valence-electron chi connectivity index (χ4n) is 4.20. The van der Waals surface area contributed by atoms with E-state index in [1.54, 1.807) is 0 Å². The number of rotatable bonds is 4. The molecule has 4 rings (SSSR count). The molecule has 0 aliphatic carbocycles. The largest absolute Gasteiger partial charge is 0.357 e. The molecule has 1 aliphatic heterocycles. The van der Waals surface area contributed by atoms with Crippen LogP contribution in [-0.2, 0) is 30.7 Å². The predicted octanol–water partition coefficient (Wildman–Crippen LogP) is 3.52. The second-order valence-corrected chi connectivity index (χ2v) is 7.16. The van der Waals surface area contributed by atoms with Crippen LogP contribution in [0, 0.1) is 13.8 Å². The molecule has 1 N–H and O–H groups in total. The number of para-hydroxylation sites is 1. The van der Waals surface area contributed by atoms with Gasteiger partial charge in [0, 0.05) is 41.8 Å². The molecular formula is C21H26N4O. The number of benzene rings is 1. The first-order chi connectivity index (χ1) is 12.6. The Morgan fingerprint density at radius 2 is 2.08 bits per heavy atom. The Kier molecular flexibility index (Phi) is 4.31. The molecule has 0 spiro atoms. The maximum absolute atomic E-state index is 12.8. The van der Waals surface area contributed by atoms with Crippen LogP contribution >= 0.6 is 0 Å². The molecular weight excluding hydrogens is 324 g/mol. The summed E-state index contributed by atoms with van der Waals surface area (Å²) in [4.78, 5) is 18.3. The minimum absolute atomic E-state index is 0.234. The summed E-state index contributed by atoms with van der Waals surface area (Å²) in [6.45, 7) is 8.60. The predicted molar refractivity (Wildman–Crippen MR) is 103 cm³/mol. The summed E-state index contributed by atoms with van der Waals surface area (Å²) in [6.07, 6.45) is 2.25. The number of hydrogen-bond acceptors (Lipinski definition) is 2. The number of aromatic amines is 1. The number of aryl methyl sites for hydroxylation is 2. The third kappa shape index (κ3) is 2.81. The van der Waals surface area contributed by atoms with Gasteiger partial charge in [-0.1, -0.05) is 18.2 Å². The van der Waals surface area contributed by atoms with Crippen LogP contribution in [0.5, 0.6) is 0 Å². The van der Waals surface area contributed by atoms with Crippen LogP contribution in [0.25, 0.3) is 10.9 Å². The first kappa shape index (κ1) is 16.9. The molecule has 1 amide bonds. The van der Waals surface area contributed by atoms with Gasteiger partial charge in [-0.05, 0) is 50.8 Å². The summed E-state index contributed by atoms with van der Waals surface area (Å²) >= 11 is 0. The summed E-state index contributed by atoms with van der Waals surface area (Å²) < 4.78 is 2.02. The van der Waals surface area contributed by atoms with Gasteiger partial charge in [0.25, 0.3) is 0 Å². The van der Waals surface area contributed by atoms with Crippen LogP contribution in [0.1, 0.15) is 41.6 Å². The zero-order valence-electron chi connectivity index (χ0n) is 15.8. The van der Waals surface area contributed by atoms with Crippen molar-refractivity contribution in [2.24, 2.45) is 0 Å². The van der Waals surface area contributed by atoms with Crippen molar-refractivity contribution in [3.05, 3.63) is 52.5 Å². The van der Waals surface area contributed by atoms with Crippen molar-refractivity contribution in [1.82, 2.24) is 19.7 Å². The summed E-state index contributed by atoms with van der Waals surface area (Å²) in [5.41, 5.74) is 7.20. The highest BCUT2D eigenvalue weighted by Crippen LogP contribution is 2.27. The molecule has 1 aromatic carbocycles. The van der Waals surface area contributed by atoms with E-state index in [0.29, 0.717) is 13.0 Å². The molecule has 0 fully saturated rings. The molecule has 26 heavy (non-hydrogen) atoms. The van der Waals surface area contributed by atoms with Gasteiger partial charge in [-0.2, -0.15) is 5.10 Å². The molecule has 0 unspecified atom stereocenters. The number of amides is 1. The molecule has 0 atom stereocenters. The van der Waals surface area contributed by atoms with Gasteiger partial charge in [0.15, 0.2) is 0 Å². The maximum atomic E-state index is 12.8. The lowest BCUT2D eigenvalue weighted by atomic mass is 10.0. The number of carbonyl (C=O) groups excluding carboxylic acids is 1. The second-order valence-electron chi connectivity index (χ2n) is 7.16. The molecule has 1 aliphatic rings. The van der Waals surface area contributed by atoms with Gasteiger partial charge in [0.2, 0.25) is 5.91 Å². The quantitative estimate of drug-likeness (QED) is 0.783. The maximum Gasteiger partial charge on any atom is 0.223 e. The summed E-state index contributed by atoms with van der Waals surface area (Å²) in [7, 11) is 0. The average Bonchev–Trinajstić information content (AvgIpc) is 3.16. The zero-order chi connectivity index (χ0) is 18.3. The van der Waals surface area contributed by atoms with E-state index < -0.39 is 0 Å². The standard InChI is InChI=1S/C21H26N4O/c1-4-25-15(3)16(14(2)23-25)9-10-21(26)24-12-11-18-17-7-5-6-8-19(17)22-20(18)13-24/h5-8,22H,4,9-13H2,1-3H3. The van der Waals surface area contributed by atoms with Crippen molar-refractivity contribution < 1.29 is 4.79 Å². The monoisotopic (exact) mass is 350 g/mol. The number of nitrogens with one attached hydrogen (secondary N) is 1. The lowest BCUT2D eigenvalue weighted by molar-refractivity contribution is -0.132. The molecule has 0 bridgehead atoms. The molecule has 0 radical (unpaired) electrons. The smallest absolute Gasteiger partial charge is 0.223 e. The average molecular weight is 350 g/mol. The Balaban J connectivity index is 1.46. The molecule has 5 nitrogen and oxygen atoms in total. The minimum atomic E-state index is 0.234. The van der Waals surface area contributed by atoms with Crippen LogP contribution in [0.2, 0.25) is 0 Å². The van der Waals surface area contributed by atoms with E-state index in [1.807, 2.05) is 22.6 Å². The fraction of sp³-hybridized carbons (Fsp3) is 0.429. The van der Waals surface area contributed by atoms with E-state index in [9.17, 15) is 4.79 Å². The van der Waals surface area contributed by atoms with Gasteiger partial charge in [0.1, 0.15) is 0 Å². The van der Waals surface area contributed by atoms with E-state index in [0.717, 1.165) is 31.6 Å². The van der Waals surface area contributed by atoms with E-state index >= 15 is 0 Å². The lowest BCUT2D eigenvalue weighted by Crippen LogP contribution is -2.36. The highest BCUT2D eigenvalue weighted by Gasteiger charge is 2.24. The number of fused-ring (bicyclic) bond motifs is 3. The van der Waals surface area contributed by atoms with Crippen LogP contribution in [0.15, 0.2) is 24.3 Å². The Morgan fingerprint density at radius 1 is 1.27 bits per heavy atom. The Bertz CT molecular complexity index is 966. The Hall–Kier alpha value is -2.56. The van der Waals surface area contributed by atoms with E-state index in [-0.39, 0.29) is 5.91 Å². The molecule has 0 saturated carbocycles. The van der Waals surface area contributed by atoms with Crippen LogP contribution in [-0.4, -0.2) is 32.1 Å². The first-order valence-electron chi connectivity index (χ1n) is 9.47. The summed E-state index contributed by atoms with van der Waals surface area (Å²) in [5, 5.41) is 5.86. The van der Waals surface area contributed by atoms with Crippen LogP contribution in [0.4, 0.5) is 0 Å². The molecule has 0 saturated heterocycles. The summed E-state index contributed by atoms with van der Waals surface area (Å²) in [5.74, 6) is 0.234. The first-order valence-corrected chi connectivity index (χ1v) is 9.47. The third-order valence-electron chi connectivity index (χ3n) is 5.66. The second kappa shape index (κ2) is 6.63. The SMILES string of the molecule is CCn1nc(C)c(CCC(=O)N2CCc3c([nH]c4ccccc34)C2)c1C. The van der Waals surface area contributed by atoms with Crippen LogP contribution < -0.4 is 0 Å². The molecule has 136 valence electrons. The topological polar surface area (TPSA) is 53.9 Å². The zero-order valence-corrected chi connectivity index (χ0v) is 15.8. The number of hydrogen-bond donors (Lipinski definition) is 1. The van der Waals surface area contributed by atoms with E-state index in [1.165, 1.54) is 33.4 Å². The third-order valence-corrected chi connectivity index (χ3v) is 5.66. The Labute approximate surface area is 154 Å².